The summed E-state index contributed by atoms with van der Waals surface area (Å²) in [6, 6.07) is 9.70. The third-order valence-corrected chi connectivity index (χ3v) is 4.66. The Bertz CT molecular complexity index is 438. The van der Waals surface area contributed by atoms with Crippen LogP contribution >= 0.6 is 0 Å². The molecule has 1 atom stereocenters. The topological polar surface area (TPSA) is 23.6 Å². The minimum atomic E-state index is 0.00653. The number of hydrogen-bond donors (Lipinski definition) is 0. The predicted molar refractivity (Wildman–Crippen MR) is 87.7 cm³/mol. The molecule has 2 rings (SSSR count). The van der Waals surface area contributed by atoms with Crippen LogP contribution in [0.15, 0.2) is 30.3 Å². The number of benzene rings is 1. The summed E-state index contributed by atoms with van der Waals surface area (Å²) in [5.74, 6) is 0.984. The molecule has 0 bridgehead atoms. The van der Waals surface area contributed by atoms with E-state index in [4.69, 9.17) is 0 Å². The molecule has 0 aliphatic carbocycles. The summed E-state index contributed by atoms with van der Waals surface area (Å²) in [6.45, 7) is 5.51. The van der Waals surface area contributed by atoms with E-state index in [1.807, 2.05) is 30.3 Å². The lowest BCUT2D eigenvalue weighted by Crippen LogP contribution is -2.43. The maximum absolute atomic E-state index is 12.7. The summed E-state index contributed by atoms with van der Waals surface area (Å²) in [4.78, 5) is 17.3. The number of ketones is 1. The smallest absolute Gasteiger partial charge is 0.179 e. The maximum atomic E-state index is 12.7. The molecule has 0 saturated carbocycles. The summed E-state index contributed by atoms with van der Waals surface area (Å²) in [6.07, 6.45) is 3.37. The third-order valence-electron chi connectivity index (χ3n) is 4.66. The van der Waals surface area contributed by atoms with Crippen LogP contribution in [0.4, 0.5) is 0 Å². The zero-order valence-electron chi connectivity index (χ0n) is 13.6. The number of nitrogens with zero attached hydrogens (tertiary/aromatic N) is 2. The van der Waals surface area contributed by atoms with Gasteiger partial charge >= 0.3 is 0 Å². The Hall–Kier alpha value is -1.19. The fourth-order valence-corrected chi connectivity index (χ4v) is 3.27. The Morgan fingerprint density at radius 2 is 1.90 bits per heavy atom. The van der Waals surface area contributed by atoms with Crippen molar-refractivity contribution in [3.05, 3.63) is 35.9 Å². The number of likely N-dealkylation sites (tertiary alicyclic amines) is 1. The molecule has 0 aromatic heterocycles. The van der Waals surface area contributed by atoms with Gasteiger partial charge in [0.2, 0.25) is 0 Å². The Kier molecular flexibility index (Phi) is 5.95. The van der Waals surface area contributed by atoms with Crippen molar-refractivity contribution in [2.75, 3.05) is 33.7 Å². The lowest BCUT2D eigenvalue weighted by molar-refractivity contribution is 0.0801. The molecular formula is C18H28N2O. The molecule has 1 saturated heterocycles. The van der Waals surface area contributed by atoms with Crippen LogP contribution in [-0.4, -0.2) is 55.4 Å². The molecule has 0 N–H and O–H groups in total. The van der Waals surface area contributed by atoms with E-state index in [1.165, 1.54) is 25.9 Å². The van der Waals surface area contributed by atoms with E-state index in [2.05, 4.69) is 30.8 Å². The fourth-order valence-electron chi connectivity index (χ4n) is 3.27. The molecular weight excluding hydrogens is 260 g/mol. The second-order valence-corrected chi connectivity index (χ2v) is 6.34. The van der Waals surface area contributed by atoms with Gasteiger partial charge in [0.25, 0.3) is 0 Å². The summed E-state index contributed by atoms with van der Waals surface area (Å²) in [7, 11) is 4.29. The molecule has 1 heterocycles. The van der Waals surface area contributed by atoms with Crippen molar-refractivity contribution in [3.8, 4) is 0 Å². The fraction of sp³-hybridized carbons (Fsp3) is 0.611. The van der Waals surface area contributed by atoms with Crippen LogP contribution in [0.3, 0.4) is 0 Å². The number of piperidine rings is 1. The minimum Gasteiger partial charge on any atom is -0.306 e. The molecule has 1 fully saturated rings. The Labute approximate surface area is 128 Å². The van der Waals surface area contributed by atoms with E-state index < -0.39 is 0 Å². The highest BCUT2D eigenvalue weighted by Gasteiger charge is 2.26. The van der Waals surface area contributed by atoms with Gasteiger partial charge in [0.05, 0.1) is 6.04 Å². The van der Waals surface area contributed by atoms with E-state index in [-0.39, 0.29) is 11.8 Å². The zero-order chi connectivity index (χ0) is 15.2. The average molecular weight is 288 g/mol. The number of carbonyl (C=O) groups excluding carboxylic acids is 1. The van der Waals surface area contributed by atoms with Crippen molar-refractivity contribution in [3.63, 3.8) is 0 Å². The molecule has 1 aromatic rings. The van der Waals surface area contributed by atoms with E-state index in [9.17, 15) is 4.79 Å². The lowest BCUT2D eigenvalue weighted by atomic mass is 9.94. The van der Waals surface area contributed by atoms with Gasteiger partial charge in [-0.15, -0.1) is 0 Å². The van der Waals surface area contributed by atoms with Crippen molar-refractivity contribution in [1.82, 2.24) is 9.80 Å². The normalized spacial score (nSPS) is 18.9. The van der Waals surface area contributed by atoms with Gasteiger partial charge in [-0.05, 0) is 52.4 Å². The zero-order valence-corrected chi connectivity index (χ0v) is 13.6. The van der Waals surface area contributed by atoms with Crippen LogP contribution in [0, 0.1) is 5.92 Å². The SMILES string of the molecule is CCC(C(=O)c1ccccc1)N(C)CC1CCN(C)CC1. The van der Waals surface area contributed by atoms with Crippen LogP contribution in [0.5, 0.6) is 0 Å². The number of likely N-dealkylation sites (N-methyl/N-ethyl adjacent to an activating group) is 1. The van der Waals surface area contributed by atoms with Crippen LogP contribution in [-0.2, 0) is 0 Å². The molecule has 0 amide bonds. The Balaban J connectivity index is 1.95. The van der Waals surface area contributed by atoms with Gasteiger partial charge in [-0.1, -0.05) is 37.3 Å². The maximum Gasteiger partial charge on any atom is 0.179 e. The van der Waals surface area contributed by atoms with Crippen LogP contribution in [0.1, 0.15) is 36.5 Å². The van der Waals surface area contributed by atoms with Crippen molar-refractivity contribution in [1.29, 1.82) is 0 Å². The van der Waals surface area contributed by atoms with E-state index in [0.29, 0.717) is 0 Å². The van der Waals surface area contributed by atoms with Crippen molar-refractivity contribution in [2.45, 2.75) is 32.2 Å². The summed E-state index contributed by atoms with van der Waals surface area (Å²) >= 11 is 0. The highest BCUT2D eigenvalue weighted by molar-refractivity contribution is 6.00. The lowest BCUT2D eigenvalue weighted by Gasteiger charge is -2.34. The first-order valence-corrected chi connectivity index (χ1v) is 8.09. The molecule has 3 heteroatoms. The van der Waals surface area contributed by atoms with Crippen molar-refractivity contribution in [2.24, 2.45) is 5.92 Å². The second kappa shape index (κ2) is 7.71. The van der Waals surface area contributed by atoms with Gasteiger partial charge in [0.1, 0.15) is 0 Å². The Morgan fingerprint density at radius 1 is 1.29 bits per heavy atom. The monoisotopic (exact) mass is 288 g/mol. The third kappa shape index (κ3) is 4.39. The molecule has 0 spiro atoms. The molecule has 116 valence electrons. The minimum absolute atomic E-state index is 0.00653. The van der Waals surface area contributed by atoms with Gasteiger partial charge < -0.3 is 4.90 Å². The van der Waals surface area contributed by atoms with E-state index in [1.54, 1.807) is 0 Å². The van der Waals surface area contributed by atoms with Crippen LogP contribution in [0.2, 0.25) is 0 Å². The van der Waals surface area contributed by atoms with Gasteiger partial charge in [-0.2, -0.15) is 0 Å². The highest BCUT2D eigenvalue weighted by atomic mass is 16.1. The molecule has 1 unspecified atom stereocenters. The molecule has 21 heavy (non-hydrogen) atoms. The van der Waals surface area contributed by atoms with E-state index in [0.717, 1.165) is 24.4 Å². The van der Waals surface area contributed by atoms with E-state index >= 15 is 0 Å². The summed E-state index contributed by atoms with van der Waals surface area (Å²) < 4.78 is 0. The van der Waals surface area contributed by atoms with Gasteiger partial charge in [-0.25, -0.2) is 0 Å². The van der Waals surface area contributed by atoms with Gasteiger partial charge in [0.15, 0.2) is 5.78 Å². The molecule has 0 radical (unpaired) electrons. The predicted octanol–water partition coefficient (Wildman–Crippen LogP) is 2.92. The molecule has 1 aliphatic heterocycles. The first-order chi connectivity index (χ1) is 10.1. The van der Waals surface area contributed by atoms with Crippen LogP contribution in [0.25, 0.3) is 0 Å². The molecule has 1 aromatic carbocycles. The largest absolute Gasteiger partial charge is 0.306 e. The molecule has 3 nitrogen and oxygen atoms in total. The second-order valence-electron chi connectivity index (χ2n) is 6.34. The molecule has 1 aliphatic rings. The first kappa shape index (κ1) is 16.2. The number of Topliss-reactive ketones (excluding diaryl/α,β-unsaturated/α-hetero) is 1. The summed E-state index contributed by atoms with van der Waals surface area (Å²) in [5, 5.41) is 0. The van der Waals surface area contributed by atoms with Crippen molar-refractivity contribution < 1.29 is 4.79 Å². The standard InChI is InChI=1S/C18H28N2O/c1-4-17(18(21)16-8-6-5-7-9-16)20(3)14-15-10-12-19(2)13-11-15/h5-9,15,17H,4,10-14H2,1-3H3. The summed E-state index contributed by atoms with van der Waals surface area (Å²) in [5.41, 5.74) is 0.833. The average Bonchev–Trinajstić information content (AvgIpc) is 2.51. The number of rotatable bonds is 6. The number of carbonyl (C=O) groups is 1. The van der Waals surface area contributed by atoms with Gasteiger partial charge in [0, 0.05) is 12.1 Å². The number of hydrogen-bond acceptors (Lipinski definition) is 3. The van der Waals surface area contributed by atoms with Gasteiger partial charge in [-0.3, -0.25) is 9.69 Å². The Morgan fingerprint density at radius 3 is 2.48 bits per heavy atom. The highest BCUT2D eigenvalue weighted by Crippen LogP contribution is 2.19. The quantitative estimate of drug-likeness (QED) is 0.752. The first-order valence-electron chi connectivity index (χ1n) is 8.09. The van der Waals surface area contributed by atoms with Crippen molar-refractivity contribution >= 4 is 5.78 Å². The van der Waals surface area contributed by atoms with Crippen LogP contribution < -0.4 is 0 Å².